The minimum absolute atomic E-state index is 0.296. The summed E-state index contributed by atoms with van der Waals surface area (Å²) in [4.78, 5) is 0.296. The van der Waals surface area contributed by atoms with Crippen molar-refractivity contribution in [2.45, 2.75) is 6.42 Å². The molecular weight excluding hydrogens is 286 g/mol. The molecule has 0 fully saturated rings. The second-order valence-corrected chi connectivity index (χ2v) is 5.36. The first-order valence-corrected chi connectivity index (χ1v) is 7.13. The first-order valence-electron chi connectivity index (χ1n) is 5.40. The van der Waals surface area contributed by atoms with E-state index in [1.165, 1.54) is 5.56 Å². The highest BCUT2D eigenvalue weighted by molar-refractivity contribution is 7.80. The summed E-state index contributed by atoms with van der Waals surface area (Å²) in [6, 6.07) is 7.44. The van der Waals surface area contributed by atoms with Crippen LogP contribution in [0.4, 0.5) is 0 Å². The van der Waals surface area contributed by atoms with Gasteiger partial charge in [-0.05, 0) is 40.6 Å². The van der Waals surface area contributed by atoms with Gasteiger partial charge in [-0.1, -0.05) is 23.8 Å². The van der Waals surface area contributed by atoms with E-state index in [0.717, 1.165) is 12.2 Å². The van der Waals surface area contributed by atoms with Crippen molar-refractivity contribution in [3.8, 4) is 5.75 Å². The minimum atomic E-state index is 0.296. The molecule has 0 saturated heterocycles. The van der Waals surface area contributed by atoms with E-state index in [1.54, 1.807) is 23.5 Å². The zero-order valence-corrected chi connectivity index (χ0v) is 11.9. The fraction of sp³-hybridized carbons (Fsp3) is 0.154. The molecule has 94 valence electrons. The van der Waals surface area contributed by atoms with Crippen molar-refractivity contribution in [1.82, 2.24) is 0 Å². The Bertz CT molecular complexity index is 540. The number of ether oxygens (including phenoxy) is 1. The molecule has 0 amide bonds. The lowest BCUT2D eigenvalue weighted by Crippen LogP contribution is -2.10. The van der Waals surface area contributed by atoms with Crippen LogP contribution in [0.1, 0.15) is 11.1 Å². The van der Waals surface area contributed by atoms with Crippen molar-refractivity contribution in [3.63, 3.8) is 0 Å². The average Bonchev–Trinajstić information content (AvgIpc) is 2.81. The molecule has 1 aromatic heterocycles. The van der Waals surface area contributed by atoms with E-state index in [-0.39, 0.29) is 0 Å². The molecule has 0 saturated carbocycles. The van der Waals surface area contributed by atoms with Crippen molar-refractivity contribution < 1.29 is 4.74 Å². The first kappa shape index (κ1) is 13.3. The Kier molecular flexibility index (Phi) is 4.58. The molecule has 18 heavy (non-hydrogen) atoms. The molecule has 0 unspecified atom stereocenters. The van der Waals surface area contributed by atoms with Crippen molar-refractivity contribution in [1.29, 1.82) is 0 Å². The second kappa shape index (κ2) is 6.18. The fourth-order valence-corrected chi connectivity index (χ4v) is 2.72. The van der Waals surface area contributed by atoms with Crippen molar-refractivity contribution in [2.75, 3.05) is 6.61 Å². The molecule has 2 N–H and O–H groups in total. The fourth-order valence-electron chi connectivity index (χ4n) is 1.51. The van der Waals surface area contributed by atoms with E-state index in [4.69, 9.17) is 34.3 Å². The van der Waals surface area contributed by atoms with Crippen LogP contribution in [0.15, 0.2) is 35.0 Å². The number of benzene rings is 1. The number of nitrogens with two attached hydrogens (primary N) is 1. The lowest BCUT2D eigenvalue weighted by Gasteiger charge is -2.08. The van der Waals surface area contributed by atoms with Gasteiger partial charge in [0.15, 0.2) is 0 Å². The Hall–Kier alpha value is -1.10. The van der Waals surface area contributed by atoms with Gasteiger partial charge in [0.2, 0.25) is 0 Å². The smallest absolute Gasteiger partial charge is 0.120 e. The Morgan fingerprint density at radius 1 is 1.39 bits per heavy atom. The third kappa shape index (κ3) is 3.45. The van der Waals surface area contributed by atoms with Gasteiger partial charge < -0.3 is 10.5 Å². The van der Waals surface area contributed by atoms with Crippen LogP contribution in [-0.2, 0) is 6.42 Å². The number of halogens is 1. The van der Waals surface area contributed by atoms with E-state index in [0.29, 0.717) is 22.2 Å². The van der Waals surface area contributed by atoms with Gasteiger partial charge in [0.05, 0.1) is 11.6 Å². The minimum Gasteiger partial charge on any atom is -0.493 e. The van der Waals surface area contributed by atoms with Crippen LogP contribution in [0.3, 0.4) is 0 Å². The first-order chi connectivity index (χ1) is 8.66. The van der Waals surface area contributed by atoms with Crippen molar-refractivity contribution in [3.05, 3.63) is 51.2 Å². The third-order valence-corrected chi connectivity index (χ3v) is 3.71. The summed E-state index contributed by atoms with van der Waals surface area (Å²) in [6.07, 6.45) is 0.887. The number of hydrogen-bond acceptors (Lipinski definition) is 3. The highest BCUT2D eigenvalue weighted by atomic mass is 35.5. The Balaban J connectivity index is 1.94. The van der Waals surface area contributed by atoms with Gasteiger partial charge in [-0.15, -0.1) is 0 Å². The SMILES string of the molecule is NC(=S)c1ccc(OCCc2ccsc2)cc1Cl. The molecule has 0 radical (unpaired) electrons. The zero-order valence-electron chi connectivity index (χ0n) is 9.56. The maximum absolute atomic E-state index is 6.06. The molecule has 0 atom stereocenters. The maximum atomic E-state index is 6.06. The van der Waals surface area contributed by atoms with E-state index in [1.807, 2.05) is 6.07 Å². The molecule has 1 aromatic carbocycles. The Morgan fingerprint density at radius 2 is 2.22 bits per heavy atom. The summed E-state index contributed by atoms with van der Waals surface area (Å²) in [7, 11) is 0. The normalized spacial score (nSPS) is 10.3. The van der Waals surface area contributed by atoms with Crippen LogP contribution < -0.4 is 10.5 Å². The van der Waals surface area contributed by atoms with Crippen LogP contribution >= 0.6 is 35.2 Å². The van der Waals surface area contributed by atoms with Crippen LogP contribution in [0, 0.1) is 0 Å². The number of thiocarbonyl (C=S) groups is 1. The lowest BCUT2D eigenvalue weighted by molar-refractivity contribution is 0.322. The standard InChI is InChI=1S/C13H12ClNOS2/c14-12-7-10(1-2-11(12)13(15)17)16-5-3-9-4-6-18-8-9/h1-2,4,6-8H,3,5H2,(H2,15,17). The number of hydrogen-bond donors (Lipinski definition) is 1. The Labute approximate surface area is 120 Å². The Morgan fingerprint density at radius 3 is 2.83 bits per heavy atom. The van der Waals surface area contributed by atoms with Gasteiger partial charge in [0.1, 0.15) is 10.7 Å². The predicted octanol–water partition coefficient (Wildman–Crippen LogP) is 3.66. The molecule has 2 aromatic rings. The molecule has 1 heterocycles. The van der Waals surface area contributed by atoms with E-state index in [2.05, 4.69) is 16.8 Å². The highest BCUT2D eigenvalue weighted by Crippen LogP contribution is 2.22. The topological polar surface area (TPSA) is 35.2 Å². The van der Waals surface area contributed by atoms with Gasteiger partial charge in [-0.2, -0.15) is 11.3 Å². The summed E-state index contributed by atoms with van der Waals surface area (Å²) in [5, 5.41) is 4.70. The highest BCUT2D eigenvalue weighted by Gasteiger charge is 2.05. The van der Waals surface area contributed by atoms with Gasteiger partial charge in [0, 0.05) is 12.0 Å². The second-order valence-electron chi connectivity index (χ2n) is 3.74. The molecule has 0 aliphatic rings. The lowest BCUT2D eigenvalue weighted by atomic mass is 10.2. The molecule has 2 rings (SSSR count). The molecule has 5 heteroatoms. The van der Waals surface area contributed by atoms with Gasteiger partial charge in [-0.3, -0.25) is 0 Å². The average molecular weight is 298 g/mol. The quantitative estimate of drug-likeness (QED) is 0.856. The van der Waals surface area contributed by atoms with Crippen LogP contribution in [0.5, 0.6) is 5.75 Å². The monoisotopic (exact) mass is 297 g/mol. The summed E-state index contributed by atoms with van der Waals surface area (Å²) in [5.41, 5.74) is 7.50. The molecule has 0 bridgehead atoms. The largest absolute Gasteiger partial charge is 0.493 e. The zero-order chi connectivity index (χ0) is 13.0. The molecular formula is C13H12ClNOS2. The van der Waals surface area contributed by atoms with E-state index < -0.39 is 0 Å². The van der Waals surface area contributed by atoms with E-state index >= 15 is 0 Å². The maximum Gasteiger partial charge on any atom is 0.120 e. The van der Waals surface area contributed by atoms with Crippen LogP contribution in [0.2, 0.25) is 5.02 Å². The summed E-state index contributed by atoms with van der Waals surface area (Å²) < 4.78 is 5.63. The van der Waals surface area contributed by atoms with Crippen LogP contribution in [-0.4, -0.2) is 11.6 Å². The molecule has 0 aliphatic heterocycles. The van der Waals surface area contributed by atoms with E-state index in [9.17, 15) is 0 Å². The summed E-state index contributed by atoms with van der Waals surface area (Å²) in [6.45, 7) is 0.624. The summed E-state index contributed by atoms with van der Waals surface area (Å²) >= 11 is 12.6. The third-order valence-electron chi connectivity index (χ3n) is 2.45. The van der Waals surface area contributed by atoms with Crippen molar-refractivity contribution in [2.24, 2.45) is 5.73 Å². The predicted molar refractivity (Wildman–Crippen MR) is 80.9 cm³/mol. The number of thiophene rings is 1. The summed E-state index contributed by atoms with van der Waals surface area (Å²) in [5.74, 6) is 0.732. The van der Waals surface area contributed by atoms with Gasteiger partial charge >= 0.3 is 0 Å². The molecule has 2 nitrogen and oxygen atoms in total. The van der Waals surface area contributed by atoms with Crippen LogP contribution in [0.25, 0.3) is 0 Å². The van der Waals surface area contributed by atoms with Gasteiger partial charge in [0.25, 0.3) is 0 Å². The van der Waals surface area contributed by atoms with Gasteiger partial charge in [-0.25, -0.2) is 0 Å². The number of rotatable bonds is 5. The van der Waals surface area contributed by atoms with Crippen molar-refractivity contribution >= 4 is 40.1 Å². The molecule has 0 spiro atoms. The molecule has 0 aliphatic carbocycles.